The van der Waals surface area contributed by atoms with Crippen LogP contribution >= 0.6 is 0 Å². The summed E-state index contributed by atoms with van der Waals surface area (Å²) >= 11 is 0. The summed E-state index contributed by atoms with van der Waals surface area (Å²) in [6.07, 6.45) is 5.32. The van der Waals surface area contributed by atoms with Gasteiger partial charge in [-0.2, -0.15) is 0 Å². The summed E-state index contributed by atoms with van der Waals surface area (Å²) < 4.78 is 11.7. The smallest absolute Gasteiger partial charge is 0.354 e. The number of benzene rings is 1. The van der Waals surface area contributed by atoms with Gasteiger partial charge in [0.05, 0.1) is 19.0 Å². The molecule has 1 aliphatic rings. The number of aromatic carboxylic acids is 1. The van der Waals surface area contributed by atoms with Crippen molar-refractivity contribution in [3.8, 4) is 11.5 Å². The predicted molar refractivity (Wildman–Crippen MR) is 113 cm³/mol. The minimum atomic E-state index is -1.06. The molecule has 2 aromatic heterocycles. The topological polar surface area (TPSA) is 81.5 Å². The molecule has 4 rings (SSSR count). The van der Waals surface area contributed by atoms with E-state index in [2.05, 4.69) is 28.7 Å². The number of hydrogen-bond donors (Lipinski definition) is 1. The zero-order valence-corrected chi connectivity index (χ0v) is 16.7. The van der Waals surface area contributed by atoms with Gasteiger partial charge in [-0.1, -0.05) is 30.8 Å². The molecule has 1 aromatic carbocycles. The Bertz CT molecular complexity index is 1080. The number of rotatable bonds is 7. The molecular formula is C24H22N2O4. The zero-order chi connectivity index (χ0) is 21.1. The maximum absolute atomic E-state index is 11.1. The molecule has 0 radical (unpaired) electrons. The van der Waals surface area contributed by atoms with Gasteiger partial charge >= 0.3 is 5.97 Å². The number of carbonyl (C=O) groups is 1. The average Bonchev–Trinajstić information content (AvgIpc) is 3.16. The summed E-state index contributed by atoms with van der Waals surface area (Å²) in [6.45, 7) is 4.13. The molecule has 0 saturated carbocycles. The van der Waals surface area contributed by atoms with Crippen molar-refractivity contribution in [3.05, 3.63) is 89.5 Å². The number of allylic oxidation sites excluding steroid dienone is 1. The summed E-state index contributed by atoms with van der Waals surface area (Å²) in [5.41, 5.74) is 4.86. The van der Waals surface area contributed by atoms with Gasteiger partial charge in [0.2, 0.25) is 0 Å². The molecule has 0 aliphatic heterocycles. The van der Waals surface area contributed by atoms with E-state index in [1.807, 2.05) is 18.2 Å². The third-order valence-electron chi connectivity index (χ3n) is 5.18. The highest BCUT2D eigenvalue weighted by Crippen LogP contribution is 2.33. The number of methoxy groups -OCH3 is 1. The molecule has 0 saturated heterocycles. The Labute approximate surface area is 174 Å². The van der Waals surface area contributed by atoms with E-state index in [1.54, 1.807) is 25.4 Å². The lowest BCUT2D eigenvalue weighted by Gasteiger charge is -2.17. The van der Waals surface area contributed by atoms with E-state index in [0.29, 0.717) is 23.6 Å². The van der Waals surface area contributed by atoms with Crippen molar-refractivity contribution in [1.82, 2.24) is 9.97 Å². The summed E-state index contributed by atoms with van der Waals surface area (Å²) in [7, 11) is 1.59. The molecular weight excluding hydrogens is 380 g/mol. The molecule has 2 heterocycles. The van der Waals surface area contributed by atoms with Gasteiger partial charge in [-0.15, -0.1) is 0 Å². The number of hydrogen-bond acceptors (Lipinski definition) is 5. The molecule has 0 fully saturated rings. The van der Waals surface area contributed by atoms with Crippen molar-refractivity contribution in [1.29, 1.82) is 0 Å². The van der Waals surface area contributed by atoms with Crippen LogP contribution in [0.2, 0.25) is 0 Å². The lowest BCUT2D eigenvalue weighted by Crippen LogP contribution is -2.17. The highest BCUT2D eigenvalue weighted by atomic mass is 16.5. The van der Waals surface area contributed by atoms with Gasteiger partial charge < -0.3 is 14.6 Å². The van der Waals surface area contributed by atoms with Crippen molar-refractivity contribution >= 4 is 11.5 Å². The van der Waals surface area contributed by atoms with E-state index in [0.717, 1.165) is 24.0 Å². The molecule has 30 heavy (non-hydrogen) atoms. The Morgan fingerprint density at radius 2 is 1.83 bits per heavy atom. The van der Waals surface area contributed by atoms with E-state index >= 15 is 0 Å². The molecule has 3 aromatic rings. The van der Waals surface area contributed by atoms with Crippen molar-refractivity contribution in [2.45, 2.75) is 25.4 Å². The van der Waals surface area contributed by atoms with E-state index in [9.17, 15) is 4.79 Å². The molecule has 0 spiro atoms. The second-order valence-corrected chi connectivity index (χ2v) is 7.27. The normalized spacial score (nSPS) is 13.0. The number of nitrogens with zero attached hydrogens (tertiary/aromatic N) is 2. The molecule has 152 valence electrons. The predicted octanol–water partition coefficient (Wildman–Crippen LogP) is 3.99. The summed E-state index contributed by atoms with van der Waals surface area (Å²) in [4.78, 5) is 19.4. The molecule has 0 unspecified atom stereocenters. The van der Waals surface area contributed by atoms with Crippen LogP contribution in [-0.2, 0) is 19.3 Å². The van der Waals surface area contributed by atoms with Crippen LogP contribution in [0.25, 0.3) is 5.57 Å². The Hall–Kier alpha value is -3.67. The van der Waals surface area contributed by atoms with E-state index in [1.165, 1.54) is 17.3 Å². The third-order valence-corrected chi connectivity index (χ3v) is 5.18. The van der Waals surface area contributed by atoms with Crippen LogP contribution in [0.4, 0.5) is 0 Å². The van der Waals surface area contributed by atoms with Gasteiger partial charge in [0.15, 0.2) is 11.5 Å². The number of ether oxygens (including phenoxy) is 2. The number of carboxylic acid groups (broad SMARTS) is 1. The SMILES string of the molecule is C=C(Cc1ccnc(C(=O)O)c1)c1cc(OC2Cc3ccccc3C2)c(OC)cn1. The van der Waals surface area contributed by atoms with E-state index in [4.69, 9.17) is 14.6 Å². The van der Waals surface area contributed by atoms with Crippen LogP contribution in [0.15, 0.2) is 61.4 Å². The van der Waals surface area contributed by atoms with Crippen molar-refractivity contribution in [2.24, 2.45) is 0 Å². The largest absolute Gasteiger partial charge is 0.491 e. The van der Waals surface area contributed by atoms with Gasteiger partial charge in [-0.05, 0) is 40.8 Å². The lowest BCUT2D eigenvalue weighted by atomic mass is 10.0. The first-order valence-electron chi connectivity index (χ1n) is 9.67. The van der Waals surface area contributed by atoms with Crippen molar-refractivity contribution in [3.63, 3.8) is 0 Å². The zero-order valence-electron chi connectivity index (χ0n) is 16.7. The molecule has 0 bridgehead atoms. The summed E-state index contributed by atoms with van der Waals surface area (Å²) in [5.74, 6) is 0.139. The Kier molecular flexibility index (Phi) is 5.48. The van der Waals surface area contributed by atoms with Gasteiger partial charge in [-0.25, -0.2) is 9.78 Å². The molecule has 6 nitrogen and oxygen atoms in total. The fraction of sp³-hybridized carbons (Fsp3) is 0.208. The van der Waals surface area contributed by atoms with E-state index in [-0.39, 0.29) is 11.8 Å². The Morgan fingerprint density at radius 1 is 1.10 bits per heavy atom. The van der Waals surface area contributed by atoms with Gasteiger partial charge in [0.25, 0.3) is 0 Å². The maximum Gasteiger partial charge on any atom is 0.354 e. The lowest BCUT2D eigenvalue weighted by molar-refractivity contribution is 0.0690. The van der Waals surface area contributed by atoms with Crippen molar-refractivity contribution in [2.75, 3.05) is 7.11 Å². The van der Waals surface area contributed by atoms with Gasteiger partial charge in [0, 0.05) is 25.1 Å². The van der Waals surface area contributed by atoms with Crippen LogP contribution in [-0.4, -0.2) is 34.3 Å². The van der Waals surface area contributed by atoms with E-state index < -0.39 is 5.97 Å². The number of aromatic nitrogens is 2. The molecule has 1 aliphatic carbocycles. The monoisotopic (exact) mass is 402 g/mol. The first kappa shape index (κ1) is 19.6. The fourth-order valence-electron chi connectivity index (χ4n) is 3.68. The molecule has 6 heteroatoms. The van der Waals surface area contributed by atoms with Crippen molar-refractivity contribution < 1.29 is 19.4 Å². The Balaban J connectivity index is 1.52. The average molecular weight is 402 g/mol. The van der Waals surface area contributed by atoms with Gasteiger partial charge in [0.1, 0.15) is 11.8 Å². The highest BCUT2D eigenvalue weighted by Gasteiger charge is 2.24. The quantitative estimate of drug-likeness (QED) is 0.644. The molecule has 0 atom stereocenters. The standard InChI is InChI=1S/C24H22N2O4/c1-15(9-16-7-8-25-21(10-16)24(27)28)20-13-22(23(29-2)14-26-20)30-19-11-17-5-3-4-6-18(17)12-19/h3-8,10,13-14,19H,1,9,11-12H2,2H3,(H,27,28). The first-order valence-corrected chi connectivity index (χ1v) is 9.67. The fourth-order valence-corrected chi connectivity index (χ4v) is 3.68. The van der Waals surface area contributed by atoms with Crippen LogP contribution in [0.5, 0.6) is 11.5 Å². The highest BCUT2D eigenvalue weighted by molar-refractivity contribution is 5.85. The van der Waals surface area contributed by atoms with Gasteiger partial charge in [-0.3, -0.25) is 4.98 Å². The number of fused-ring (bicyclic) bond motifs is 1. The number of pyridine rings is 2. The second kappa shape index (κ2) is 8.37. The van der Waals surface area contributed by atoms with Crippen LogP contribution < -0.4 is 9.47 Å². The summed E-state index contributed by atoms with van der Waals surface area (Å²) in [6, 6.07) is 13.5. The summed E-state index contributed by atoms with van der Waals surface area (Å²) in [5, 5.41) is 9.13. The number of carboxylic acids is 1. The van der Waals surface area contributed by atoms with Crippen LogP contribution in [0.3, 0.4) is 0 Å². The first-order chi connectivity index (χ1) is 14.5. The minimum Gasteiger partial charge on any atom is -0.491 e. The van der Waals surface area contributed by atoms with Crippen LogP contribution in [0, 0.1) is 0 Å². The second-order valence-electron chi connectivity index (χ2n) is 7.27. The molecule has 0 amide bonds. The third kappa shape index (κ3) is 4.17. The minimum absolute atomic E-state index is 0.00723. The Morgan fingerprint density at radius 3 is 2.50 bits per heavy atom. The van der Waals surface area contributed by atoms with Crippen LogP contribution in [0.1, 0.15) is 32.9 Å². The maximum atomic E-state index is 11.1. The molecule has 1 N–H and O–H groups in total.